The zero-order valence-corrected chi connectivity index (χ0v) is 14.7. The van der Waals surface area contributed by atoms with Gasteiger partial charge >= 0.3 is 0 Å². The molecule has 0 aliphatic carbocycles. The number of carbonyl (C=O) groups excluding carboxylic acids is 2. The fourth-order valence-corrected chi connectivity index (χ4v) is 2.61. The first-order valence-electron chi connectivity index (χ1n) is 8.42. The molecule has 0 aliphatic heterocycles. The van der Waals surface area contributed by atoms with Crippen LogP contribution in [0.3, 0.4) is 0 Å². The first-order chi connectivity index (χ1) is 11.5. The van der Waals surface area contributed by atoms with E-state index in [1.165, 1.54) is 11.1 Å². The second-order valence-electron chi connectivity index (χ2n) is 6.15. The second kappa shape index (κ2) is 8.44. The van der Waals surface area contributed by atoms with Crippen LogP contribution in [0.2, 0.25) is 0 Å². The van der Waals surface area contributed by atoms with Gasteiger partial charge in [-0.2, -0.15) is 0 Å². The first kappa shape index (κ1) is 17.9. The van der Waals surface area contributed by atoms with Gasteiger partial charge in [0.1, 0.15) is 0 Å². The van der Waals surface area contributed by atoms with Crippen LogP contribution >= 0.6 is 0 Å². The predicted octanol–water partition coefficient (Wildman–Crippen LogP) is 4.18. The summed E-state index contributed by atoms with van der Waals surface area (Å²) in [6.07, 6.45) is 1.45. The molecule has 3 nitrogen and oxygen atoms in total. The number of benzene rings is 2. The Morgan fingerprint density at radius 1 is 0.958 bits per heavy atom. The Kier molecular flexibility index (Phi) is 6.30. The van der Waals surface area contributed by atoms with Gasteiger partial charge in [0, 0.05) is 32.0 Å². The van der Waals surface area contributed by atoms with Gasteiger partial charge < -0.3 is 4.90 Å². The molecule has 0 unspecified atom stereocenters. The maximum atomic E-state index is 12.3. The van der Waals surface area contributed by atoms with Crippen molar-refractivity contribution >= 4 is 11.7 Å². The minimum Gasteiger partial charge on any atom is -0.341 e. The van der Waals surface area contributed by atoms with E-state index >= 15 is 0 Å². The van der Waals surface area contributed by atoms with Crippen LogP contribution in [0.1, 0.15) is 46.8 Å². The summed E-state index contributed by atoms with van der Waals surface area (Å²) >= 11 is 0. The molecule has 2 rings (SSSR count). The number of Topliss-reactive ketones (excluding diaryl/α,β-unsaturated/α-hetero) is 1. The van der Waals surface area contributed by atoms with Crippen molar-refractivity contribution in [2.45, 2.75) is 39.7 Å². The SMILES string of the molecule is CCc1ccc(C(=O)CCC(=O)N(C)Cc2ccccc2C)cc1. The molecule has 0 saturated carbocycles. The van der Waals surface area contributed by atoms with Gasteiger partial charge in [0.15, 0.2) is 5.78 Å². The van der Waals surface area contributed by atoms with Gasteiger partial charge in [0.2, 0.25) is 5.91 Å². The lowest BCUT2D eigenvalue weighted by Gasteiger charge is -2.18. The summed E-state index contributed by atoms with van der Waals surface area (Å²) < 4.78 is 0. The average molecular weight is 323 g/mol. The number of rotatable bonds is 7. The molecule has 24 heavy (non-hydrogen) atoms. The van der Waals surface area contributed by atoms with Crippen LogP contribution in [0.25, 0.3) is 0 Å². The van der Waals surface area contributed by atoms with E-state index in [0.717, 1.165) is 12.0 Å². The Bertz CT molecular complexity index is 704. The van der Waals surface area contributed by atoms with Gasteiger partial charge in [-0.25, -0.2) is 0 Å². The molecule has 0 spiro atoms. The van der Waals surface area contributed by atoms with Gasteiger partial charge in [-0.3, -0.25) is 9.59 Å². The maximum absolute atomic E-state index is 12.3. The third-order valence-electron chi connectivity index (χ3n) is 4.34. The van der Waals surface area contributed by atoms with Crippen LogP contribution in [0, 0.1) is 6.92 Å². The number of amides is 1. The highest BCUT2D eigenvalue weighted by Crippen LogP contribution is 2.12. The molecule has 2 aromatic rings. The van der Waals surface area contributed by atoms with E-state index in [1.807, 2.05) is 55.5 Å². The Balaban J connectivity index is 1.87. The van der Waals surface area contributed by atoms with Gasteiger partial charge in [-0.1, -0.05) is 55.5 Å². The zero-order chi connectivity index (χ0) is 17.5. The Morgan fingerprint density at radius 3 is 2.25 bits per heavy atom. The number of aryl methyl sites for hydroxylation is 2. The van der Waals surface area contributed by atoms with E-state index < -0.39 is 0 Å². The van der Waals surface area contributed by atoms with Crippen LogP contribution < -0.4 is 0 Å². The molecule has 3 heteroatoms. The number of nitrogens with zero attached hydrogens (tertiary/aromatic N) is 1. The van der Waals surface area contributed by atoms with Crippen LogP contribution in [0.5, 0.6) is 0 Å². The van der Waals surface area contributed by atoms with Crippen molar-refractivity contribution in [1.82, 2.24) is 4.90 Å². The number of ketones is 1. The highest BCUT2D eigenvalue weighted by Gasteiger charge is 2.13. The molecule has 0 N–H and O–H groups in total. The van der Waals surface area contributed by atoms with Crippen LogP contribution in [0.15, 0.2) is 48.5 Å². The van der Waals surface area contributed by atoms with E-state index in [1.54, 1.807) is 11.9 Å². The van der Waals surface area contributed by atoms with Crippen molar-refractivity contribution in [2.75, 3.05) is 7.05 Å². The van der Waals surface area contributed by atoms with Crippen molar-refractivity contribution in [3.05, 3.63) is 70.8 Å². The van der Waals surface area contributed by atoms with Crippen molar-refractivity contribution in [3.8, 4) is 0 Å². The lowest BCUT2D eigenvalue weighted by Crippen LogP contribution is -2.26. The summed E-state index contributed by atoms with van der Waals surface area (Å²) in [6.45, 7) is 4.70. The number of carbonyl (C=O) groups is 2. The predicted molar refractivity (Wildman–Crippen MR) is 97.0 cm³/mol. The number of hydrogen-bond donors (Lipinski definition) is 0. The minimum absolute atomic E-state index is 0.00298. The summed E-state index contributed by atoms with van der Waals surface area (Å²) in [5.41, 5.74) is 4.20. The largest absolute Gasteiger partial charge is 0.341 e. The van der Waals surface area contributed by atoms with E-state index in [-0.39, 0.29) is 24.5 Å². The average Bonchev–Trinajstić information content (AvgIpc) is 2.61. The maximum Gasteiger partial charge on any atom is 0.223 e. The first-order valence-corrected chi connectivity index (χ1v) is 8.42. The second-order valence-corrected chi connectivity index (χ2v) is 6.15. The fraction of sp³-hybridized carbons (Fsp3) is 0.333. The van der Waals surface area contributed by atoms with Crippen molar-refractivity contribution in [2.24, 2.45) is 0 Å². The molecular weight excluding hydrogens is 298 g/mol. The summed E-state index contributed by atoms with van der Waals surface area (Å²) in [4.78, 5) is 26.2. The zero-order valence-electron chi connectivity index (χ0n) is 14.7. The highest BCUT2D eigenvalue weighted by molar-refractivity contribution is 5.97. The van der Waals surface area contributed by atoms with E-state index in [0.29, 0.717) is 12.1 Å². The molecule has 0 fully saturated rings. The molecule has 0 saturated heterocycles. The summed E-state index contributed by atoms with van der Waals surface area (Å²) in [5.74, 6) is 0.0204. The fourth-order valence-electron chi connectivity index (χ4n) is 2.61. The lowest BCUT2D eigenvalue weighted by molar-refractivity contribution is -0.130. The minimum atomic E-state index is -0.00298. The summed E-state index contributed by atoms with van der Waals surface area (Å²) in [6, 6.07) is 15.7. The smallest absolute Gasteiger partial charge is 0.223 e. The summed E-state index contributed by atoms with van der Waals surface area (Å²) in [5, 5.41) is 0. The van der Waals surface area contributed by atoms with Crippen molar-refractivity contribution in [3.63, 3.8) is 0 Å². The van der Waals surface area contributed by atoms with Gasteiger partial charge in [0.25, 0.3) is 0 Å². The lowest BCUT2D eigenvalue weighted by atomic mass is 10.0. The normalized spacial score (nSPS) is 10.5. The third kappa shape index (κ3) is 4.79. The van der Waals surface area contributed by atoms with E-state index in [4.69, 9.17) is 0 Å². The van der Waals surface area contributed by atoms with Crippen LogP contribution in [0.4, 0.5) is 0 Å². The van der Waals surface area contributed by atoms with Gasteiger partial charge in [0.05, 0.1) is 0 Å². The molecule has 0 atom stereocenters. The Morgan fingerprint density at radius 2 is 1.62 bits per heavy atom. The molecule has 126 valence electrons. The Hall–Kier alpha value is -2.42. The monoisotopic (exact) mass is 323 g/mol. The molecular formula is C21H25NO2. The molecule has 0 radical (unpaired) electrons. The van der Waals surface area contributed by atoms with E-state index in [9.17, 15) is 9.59 Å². The molecule has 1 amide bonds. The van der Waals surface area contributed by atoms with E-state index in [2.05, 4.69) is 6.92 Å². The Labute approximate surface area is 144 Å². The van der Waals surface area contributed by atoms with Gasteiger partial charge in [-0.15, -0.1) is 0 Å². The van der Waals surface area contributed by atoms with Crippen LogP contribution in [-0.2, 0) is 17.8 Å². The van der Waals surface area contributed by atoms with Crippen molar-refractivity contribution in [1.29, 1.82) is 0 Å². The van der Waals surface area contributed by atoms with Crippen LogP contribution in [-0.4, -0.2) is 23.6 Å². The molecule has 0 aliphatic rings. The standard InChI is InChI=1S/C21H25NO2/c1-4-17-9-11-18(12-10-17)20(23)13-14-21(24)22(3)15-19-8-6-5-7-16(19)2/h5-12H,4,13-15H2,1-3H3. The quantitative estimate of drug-likeness (QED) is 0.717. The highest BCUT2D eigenvalue weighted by atomic mass is 16.2. The molecule has 0 heterocycles. The number of hydrogen-bond acceptors (Lipinski definition) is 2. The topological polar surface area (TPSA) is 37.4 Å². The van der Waals surface area contributed by atoms with Crippen molar-refractivity contribution < 1.29 is 9.59 Å². The third-order valence-corrected chi connectivity index (χ3v) is 4.34. The van der Waals surface area contributed by atoms with Gasteiger partial charge in [-0.05, 0) is 30.0 Å². The summed E-state index contributed by atoms with van der Waals surface area (Å²) in [7, 11) is 1.79. The molecule has 0 bridgehead atoms. The molecule has 0 aromatic heterocycles. The molecule has 2 aromatic carbocycles.